The average Bonchev–Trinajstić information content (AvgIpc) is 2.63. The minimum atomic E-state index is -0.926. The number of hydrogen-bond acceptors (Lipinski definition) is 2. The first-order chi connectivity index (χ1) is 11.1. The van der Waals surface area contributed by atoms with Crippen LogP contribution in [0.4, 0.5) is 0 Å². The third kappa shape index (κ3) is 3.37. The Morgan fingerprint density at radius 3 is 1.78 bits per heavy atom. The molecule has 0 aliphatic rings. The lowest BCUT2D eigenvalue weighted by Gasteiger charge is -2.45. The van der Waals surface area contributed by atoms with Crippen LogP contribution in [0.1, 0.15) is 30.4 Å². The summed E-state index contributed by atoms with van der Waals surface area (Å²) in [6.07, 6.45) is 2.66. The number of hydrogen-bond donors (Lipinski definition) is 0. The minimum absolute atomic E-state index is 0.510. The summed E-state index contributed by atoms with van der Waals surface area (Å²) in [7, 11) is 3.39. The van der Waals surface area contributed by atoms with Crippen molar-refractivity contribution in [3.8, 4) is 0 Å². The van der Waals surface area contributed by atoms with Crippen LogP contribution in [0.15, 0.2) is 60.7 Å². The topological polar surface area (TPSA) is 18.5 Å². The largest absolute Gasteiger partial charge is 0.348 e. The number of methoxy groups -OCH3 is 2. The van der Waals surface area contributed by atoms with Gasteiger partial charge >= 0.3 is 0 Å². The molecule has 2 rings (SSSR count). The van der Waals surface area contributed by atoms with Crippen LogP contribution in [0.3, 0.4) is 0 Å². The molecule has 0 spiro atoms. The molecular weight excluding hydrogens is 352 g/mol. The van der Waals surface area contributed by atoms with E-state index in [1.807, 2.05) is 48.5 Å². The van der Waals surface area contributed by atoms with Crippen molar-refractivity contribution < 1.29 is 9.47 Å². The van der Waals surface area contributed by atoms with Gasteiger partial charge in [-0.25, -0.2) is 0 Å². The summed E-state index contributed by atoms with van der Waals surface area (Å²) in [6.45, 7) is 3.99. The summed E-state index contributed by atoms with van der Waals surface area (Å²) in [4.78, 5) is 0. The fourth-order valence-electron chi connectivity index (χ4n) is 3.10. The number of benzene rings is 2. The third-order valence-electron chi connectivity index (χ3n) is 4.25. The lowest BCUT2D eigenvalue weighted by atomic mass is 9.81. The van der Waals surface area contributed by atoms with Crippen molar-refractivity contribution in [2.75, 3.05) is 14.2 Å². The molecule has 0 amide bonds. The van der Waals surface area contributed by atoms with Gasteiger partial charge in [0.1, 0.15) is 4.32 Å². The first-order valence-corrected chi connectivity index (χ1v) is 8.63. The van der Waals surface area contributed by atoms with Gasteiger partial charge in [-0.1, -0.05) is 96.4 Å². The van der Waals surface area contributed by atoms with E-state index >= 15 is 0 Å². The van der Waals surface area contributed by atoms with Crippen molar-refractivity contribution in [1.82, 2.24) is 0 Å². The predicted octanol–water partition coefficient (Wildman–Crippen LogP) is 5.43. The van der Waals surface area contributed by atoms with E-state index in [1.54, 1.807) is 14.2 Å². The summed E-state index contributed by atoms with van der Waals surface area (Å²) < 4.78 is 11.5. The molecule has 0 bridgehead atoms. The van der Waals surface area contributed by atoms with Gasteiger partial charge < -0.3 is 9.47 Å². The van der Waals surface area contributed by atoms with Crippen molar-refractivity contribution in [2.45, 2.75) is 29.4 Å². The lowest BCUT2D eigenvalue weighted by Crippen LogP contribution is -2.48. The van der Waals surface area contributed by atoms with Gasteiger partial charge in [-0.15, -0.1) is 0 Å². The fraction of sp³-hybridized carbons (Fsp3) is 0.350. The molecule has 0 saturated heterocycles. The molecule has 23 heavy (non-hydrogen) atoms. The maximum Gasteiger partial charge on any atom is 0.214 e. The van der Waals surface area contributed by atoms with Crippen molar-refractivity contribution in [3.63, 3.8) is 0 Å². The van der Waals surface area contributed by atoms with E-state index in [0.29, 0.717) is 0 Å². The molecule has 1 atom stereocenters. The van der Waals surface area contributed by atoms with Gasteiger partial charge in [-0.05, 0) is 12.0 Å². The molecule has 123 valence electrons. The molecule has 0 aromatic heterocycles. The van der Waals surface area contributed by atoms with Crippen LogP contribution in [0, 0.1) is 6.92 Å². The number of unbranched alkanes of at least 4 members (excludes halogenated alkanes) is 1. The van der Waals surface area contributed by atoms with Crippen molar-refractivity contribution in [1.29, 1.82) is 0 Å². The Morgan fingerprint density at radius 1 is 0.870 bits per heavy atom. The van der Waals surface area contributed by atoms with Crippen LogP contribution in [-0.2, 0) is 19.6 Å². The van der Waals surface area contributed by atoms with Crippen molar-refractivity contribution in [3.05, 3.63) is 78.7 Å². The standard InChI is InChI=1S/C20H24BrO2/c1-4-5-16-19(21,17-12-8-6-9-13-17)20(22-2,23-3)18-14-10-7-11-15-18/h6-15H,1,4-5,16H2,2-3H3. The maximum absolute atomic E-state index is 6.00. The van der Waals surface area contributed by atoms with E-state index in [4.69, 9.17) is 9.47 Å². The zero-order chi connectivity index (χ0) is 16.8. The van der Waals surface area contributed by atoms with Gasteiger partial charge in [-0.2, -0.15) is 0 Å². The molecule has 0 N–H and O–H groups in total. The van der Waals surface area contributed by atoms with Gasteiger partial charge in [0.25, 0.3) is 0 Å². The quantitative estimate of drug-likeness (QED) is 0.452. The Labute approximate surface area is 148 Å². The monoisotopic (exact) mass is 375 g/mol. The second kappa shape index (κ2) is 8.09. The van der Waals surface area contributed by atoms with Crippen molar-refractivity contribution >= 4 is 15.9 Å². The summed E-state index contributed by atoms with van der Waals surface area (Å²) in [5, 5.41) is 0. The number of halogens is 1. The first kappa shape index (κ1) is 18.2. The smallest absolute Gasteiger partial charge is 0.214 e. The fourth-order valence-corrected chi connectivity index (χ4v) is 4.20. The Bertz CT molecular complexity index is 581. The van der Waals surface area contributed by atoms with Gasteiger partial charge in [0.15, 0.2) is 0 Å². The Hall–Kier alpha value is -1.16. The van der Waals surface area contributed by atoms with Crippen LogP contribution in [-0.4, -0.2) is 14.2 Å². The maximum atomic E-state index is 6.00. The van der Waals surface area contributed by atoms with Gasteiger partial charge in [0, 0.05) is 19.8 Å². The molecule has 0 fully saturated rings. The molecule has 2 aromatic carbocycles. The highest BCUT2D eigenvalue weighted by Crippen LogP contribution is 2.53. The van der Waals surface area contributed by atoms with E-state index in [1.165, 1.54) is 0 Å². The Balaban J connectivity index is 2.62. The highest BCUT2D eigenvalue weighted by Gasteiger charge is 2.53. The molecule has 0 heterocycles. The second-order valence-corrected chi connectivity index (χ2v) is 6.87. The normalized spacial score (nSPS) is 14.4. The molecule has 2 nitrogen and oxygen atoms in total. The van der Waals surface area contributed by atoms with Gasteiger partial charge in [0.2, 0.25) is 5.79 Å². The molecule has 0 aliphatic carbocycles. The first-order valence-electron chi connectivity index (χ1n) is 7.84. The summed E-state index contributed by atoms with van der Waals surface area (Å²) in [5.41, 5.74) is 2.11. The van der Waals surface area contributed by atoms with Crippen LogP contribution in [0.5, 0.6) is 0 Å². The number of ether oxygens (including phenoxy) is 2. The van der Waals surface area contributed by atoms with E-state index in [2.05, 4.69) is 35.0 Å². The summed E-state index contributed by atoms with van der Waals surface area (Å²) in [6, 6.07) is 20.4. The zero-order valence-electron chi connectivity index (χ0n) is 13.8. The highest BCUT2D eigenvalue weighted by atomic mass is 79.9. The van der Waals surface area contributed by atoms with E-state index in [-0.39, 0.29) is 0 Å². The van der Waals surface area contributed by atoms with Crippen molar-refractivity contribution in [2.24, 2.45) is 0 Å². The molecule has 1 unspecified atom stereocenters. The lowest BCUT2D eigenvalue weighted by molar-refractivity contribution is -0.241. The predicted molar refractivity (Wildman–Crippen MR) is 98.4 cm³/mol. The molecular formula is C20H24BrO2. The van der Waals surface area contributed by atoms with E-state index < -0.39 is 10.1 Å². The molecule has 0 saturated carbocycles. The van der Waals surface area contributed by atoms with Gasteiger partial charge in [0.05, 0.1) is 0 Å². The van der Waals surface area contributed by atoms with Crippen LogP contribution >= 0.6 is 15.9 Å². The third-order valence-corrected chi connectivity index (χ3v) is 5.63. The molecule has 0 aliphatic heterocycles. The zero-order valence-corrected chi connectivity index (χ0v) is 15.4. The summed E-state index contributed by atoms with van der Waals surface area (Å²) >= 11 is 4.00. The van der Waals surface area contributed by atoms with Crippen LogP contribution in [0.25, 0.3) is 0 Å². The van der Waals surface area contributed by atoms with Crippen LogP contribution in [0.2, 0.25) is 0 Å². The minimum Gasteiger partial charge on any atom is -0.348 e. The number of rotatable bonds is 8. The molecule has 2 aromatic rings. The highest BCUT2D eigenvalue weighted by molar-refractivity contribution is 9.09. The number of alkyl halides is 1. The van der Waals surface area contributed by atoms with E-state index in [0.717, 1.165) is 30.4 Å². The molecule has 3 heteroatoms. The SMILES string of the molecule is [CH2]CCCC(Br)(c1ccccc1)C(OC)(OC)c1ccccc1. The van der Waals surface area contributed by atoms with E-state index in [9.17, 15) is 0 Å². The second-order valence-electron chi connectivity index (χ2n) is 5.52. The molecule has 1 radical (unpaired) electrons. The average molecular weight is 376 g/mol. The Kier molecular flexibility index (Phi) is 6.40. The van der Waals surface area contributed by atoms with Gasteiger partial charge in [-0.3, -0.25) is 0 Å². The Morgan fingerprint density at radius 2 is 1.35 bits per heavy atom. The summed E-state index contributed by atoms with van der Waals surface area (Å²) in [5.74, 6) is -0.926. The van der Waals surface area contributed by atoms with Crippen LogP contribution < -0.4 is 0 Å².